The summed E-state index contributed by atoms with van der Waals surface area (Å²) in [7, 11) is 1.95. The maximum Gasteiger partial charge on any atom is 0.261 e. The number of hydrogen-bond acceptors (Lipinski definition) is 4. The van der Waals surface area contributed by atoms with Crippen LogP contribution in [0.5, 0.6) is 0 Å². The highest BCUT2D eigenvalue weighted by molar-refractivity contribution is 6.25. The van der Waals surface area contributed by atoms with Gasteiger partial charge in [0, 0.05) is 48.6 Å². The van der Waals surface area contributed by atoms with Gasteiger partial charge in [-0.3, -0.25) is 19.3 Å². The van der Waals surface area contributed by atoms with E-state index in [4.69, 9.17) is 0 Å². The molecule has 0 radical (unpaired) electrons. The van der Waals surface area contributed by atoms with Gasteiger partial charge in [-0.25, -0.2) is 0 Å². The zero-order chi connectivity index (χ0) is 19.7. The van der Waals surface area contributed by atoms with Gasteiger partial charge in [-0.2, -0.15) is 0 Å². The molecule has 1 N–H and O–H groups in total. The number of nitrogens with one attached hydrogen (secondary N) is 1. The molecule has 4 rings (SSSR count). The molecule has 2 heterocycles. The molecule has 2 aromatic rings. The highest BCUT2D eigenvalue weighted by Gasteiger charge is 2.32. The minimum atomic E-state index is -0.267. The van der Waals surface area contributed by atoms with Crippen molar-refractivity contribution in [1.82, 2.24) is 15.1 Å². The molecule has 146 valence electrons. The van der Waals surface area contributed by atoms with Gasteiger partial charge >= 0.3 is 0 Å². The normalized spacial score (nSPS) is 17.5. The summed E-state index contributed by atoms with van der Waals surface area (Å²) in [5.41, 5.74) is 1.13. The SMILES string of the molecule is CNC1CCN(C(=O)CCCN2C(=O)c3cccc4cccc(c34)C2=O)CC1. The van der Waals surface area contributed by atoms with Gasteiger partial charge in [0.1, 0.15) is 0 Å². The first kappa shape index (κ1) is 18.6. The van der Waals surface area contributed by atoms with Crippen LogP contribution in [-0.2, 0) is 4.79 Å². The average molecular weight is 379 g/mol. The third-order valence-electron chi connectivity index (χ3n) is 5.88. The number of carbonyl (C=O) groups is 3. The second-order valence-electron chi connectivity index (χ2n) is 7.52. The fourth-order valence-electron chi connectivity index (χ4n) is 4.25. The summed E-state index contributed by atoms with van der Waals surface area (Å²) >= 11 is 0. The molecule has 3 amide bonds. The quantitative estimate of drug-likeness (QED) is 0.810. The van der Waals surface area contributed by atoms with Gasteiger partial charge in [-0.15, -0.1) is 0 Å². The van der Waals surface area contributed by atoms with E-state index in [0.717, 1.165) is 36.7 Å². The molecule has 1 saturated heterocycles. The van der Waals surface area contributed by atoms with Crippen LogP contribution in [0.15, 0.2) is 36.4 Å². The third kappa shape index (κ3) is 3.29. The van der Waals surface area contributed by atoms with Gasteiger partial charge in [0.25, 0.3) is 11.8 Å². The van der Waals surface area contributed by atoms with Gasteiger partial charge in [0.05, 0.1) is 0 Å². The van der Waals surface area contributed by atoms with Gasteiger partial charge in [-0.1, -0.05) is 24.3 Å². The smallest absolute Gasteiger partial charge is 0.261 e. The third-order valence-corrected chi connectivity index (χ3v) is 5.88. The van der Waals surface area contributed by atoms with Gasteiger partial charge in [-0.05, 0) is 43.8 Å². The Hall–Kier alpha value is -2.73. The molecule has 2 aliphatic heterocycles. The maximum atomic E-state index is 12.9. The molecule has 0 saturated carbocycles. The van der Waals surface area contributed by atoms with Crippen molar-refractivity contribution in [3.63, 3.8) is 0 Å². The number of amides is 3. The van der Waals surface area contributed by atoms with E-state index in [1.54, 1.807) is 12.1 Å². The monoisotopic (exact) mass is 379 g/mol. The number of piperidine rings is 1. The van der Waals surface area contributed by atoms with Crippen LogP contribution in [0.25, 0.3) is 10.8 Å². The summed E-state index contributed by atoms with van der Waals surface area (Å²) in [6.45, 7) is 1.80. The molecule has 0 aliphatic carbocycles. The van der Waals surface area contributed by atoms with Crippen molar-refractivity contribution in [2.45, 2.75) is 31.7 Å². The molecule has 0 spiro atoms. The van der Waals surface area contributed by atoms with Crippen LogP contribution in [0.3, 0.4) is 0 Å². The molecule has 2 aromatic carbocycles. The van der Waals surface area contributed by atoms with Crippen molar-refractivity contribution in [2.75, 3.05) is 26.7 Å². The minimum Gasteiger partial charge on any atom is -0.343 e. The fraction of sp³-hybridized carbons (Fsp3) is 0.409. The van der Waals surface area contributed by atoms with E-state index in [9.17, 15) is 14.4 Å². The fourth-order valence-corrected chi connectivity index (χ4v) is 4.25. The number of hydrogen-bond donors (Lipinski definition) is 1. The standard InChI is InChI=1S/C22H25N3O3/c1-23-16-10-13-24(14-11-16)19(26)9-4-12-25-21(27)17-7-2-5-15-6-3-8-18(20(15)17)22(25)28/h2-3,5-8,16,23H,4,9-14H2,1H3. The Morgan fingerprint density at radius 1 is 1.04 bits per heavy atom. The lowest BCUT2D eigenvalue weighted by atomic mass is 9.94. The lowest BCUT2D eigenvalue weighted by Gasteiger charge is -2.32. The molecular weight excluding hydrogens is 354 g/mol. The molecule has 2 aliphatic rings. The molecule has 0 bridgehead atoms. The summed E-state index contributed by atoms with van der Waals surface area (Å²) in [4.78, 5) is 41.4. The number of imide groups is 1. The number of carbonyl (C=O) groups excluding carboxylic acids is 3. The summed E-state index contributed by atoms with van der Waals surface area (Å²) in [6, 6.07) is 11.5. The van der Waals surface area contributed by atoms with E-state index in [0.29, 0.717) is 30.0 Å². The number of rotatable bonds is 5. The van der Waals surface area contributed by atoms with Crippen molar-refractivity contribution in [3.8, 4) is 0 Å². The Morgan fingerprint density at radius 2 is 1.64 bits per heavy atom. The Morgan fingerprint density at radius 3 is 2.21 bits per heavy atom. The molecule has 6 heteroatoms. The lowest BCUT2D eigenvalue weighted by molar-refractivity contribution is -0.132. The van der Waals surface area contributed by atoms with Crippen LogP contribution in [0.1, 0.15) is 46.4 Å². The van der Waals surface area contributed by atoms with Crippen molar-refractivity contribution in [3.05, 3.63) is 47.5 Å². The van der Waals surface area contributed by atoms with Crippen molar-refractivity contribution in [1.29, 1.82) is 0 Å². The molecule has 6 nitrogen and oxygen atoms in total. The van der Waals surface area contributed by atoms with Gasteiger partial charge < -0.3 is 10.2 Å². The molecule has 1 fully saturated rings. The first-order valence-corrected chi connectivity index (χ1v) is 9.93. The van der Waals surface area contributed by atoms with Crippen molar-refractivity contribution in [2.24, 2.45) is 0 Å². The van der Waals surface area contributed by atoms with Crippen LogP contribution in [-0.4, -0.2) is 60.2 Å². The van der Waals surface area contributed by atoms with E-state index in [2.05, 4.69) is 5.32 Å². The van der Waals surface area contributed by atoms with E-state index >= 15 is 0 Å². The van der Waals surface area contributed by atoms with E-state index in [-0.39, 0.29) is 24.3 Å². The zero-order valence-corrected chi connectivity index (χ0v) is 16.1. The predicted molar refractivity (Wildman–Crippen MR) is 107 cm³/mol. The summed E-state index contributed by atoms with van der Waals surface area (Å²) in [6.07, 6.45) is 2.77. The van der Waals surface area contributed by atoms with E-state index < -0.39 is 0 Å². The highest BCUT2D eigenvalue weighted by atomic mass is 16.2. The van der Waals surface area contributed by atoms with E-state index in [1.807, 2.05) is 36.2 Å². The second-order valence-corrected chi connectivity index (χ2v) is 7.52. The Kier molecular flexibility index (Phi) is 5.13. The van der Waals surface area contributed by atoms with Crippen LogP contribution >= 0.6 is 0 Å². The predicted octanol–water partition coefficient (Wildman–Crippen LogP) is 2.43. The Labute approximate surface area is 164 Å². The summed E-state index contributed by atoms with van der Waals surface area (Å²) in [5, 5.41) is 4.89. The first-order valence-electron chi connectivity index (χ1n) is 9.93. The van der Waals surface area contributed by atoms with Crippen LogP contribution in [0, 0.1) is 0 Å². The highest BCUT2D eigenvalue weighted by Crippen LogP contribution is 2.30. The summed E-state index contributed by atoms with van der Waals surface area (Å²) in [5.74, 6) is -0.429. The largest absolute Gasteiger partial charge is 0.343 e. The van der Waals surface area contributed by atoms with Gasteiger partial charge in [0.2, 0.25) is 5.91 Å². The summed E-state index contributed by atoms with van der Waals surface area (Å²) < 4.78 is 0. The molecule has 0 aromatic heterocycles. The maximum absolute atomic E-state index is 12.9. The number of nitrogens with zero attached hydrogens (tertiary/aromatic N) is 2. The van der Waals surface area contributed by atoms with Crippen molar-refractivity contribution < 1.29 is 14.4 Å². The molecule has 0 unspecified atom stereocenters. The van der Waals surface area contributed by atoms with Crippen LogP contribution in [0.4, 0.5) is 0 Å². The van der Waals surface area contributed by atoms with Crippen molar-refractivity contribution >= 4 is 28.5 Å². The second kappa shape index (κ2) is 7.72. The lowest BCUT2D eigenvalue weighted by Crippen LogP contribution is -2.44. The Bertz CT molecular complexity index is 881. The first-order chi connectivity index (χ1) is 13.6. The Balaban J connectivity index is 1.40. The minimum absolute atomic E-state index is 0.106. The van der Waals surface area contributed by atoms with Crippen LogP contribution < -0.4 is 5.32 Å². The van der Waals surface area contributed by atoms with Crippen LogP contribution in [0.2, 0.25) is 0 Å². The number of benzene rings is 2. The molecular formula is C22H25N3O3. The van der Waals surface area contributed by atoms with E-state index in [1.165, 1.54) is 4.90 Å². The average Bonchev–Trinajstić information content (AvgIpc) is 2.74. The topological polar surface area (TPSA) is 69.7 Å². The molecule has 0 atom stereocenters. The number of likely N-dealkylation sites (tertiary alicyclic amines) is 1. The zero-order valence-electron chi connectivity index (χ0n) is 16.1. The molecule has 28 heavy (non-hydrogen) atoms. The van der Waals surface area contributed by atoms with Gasteiger partial charge in [0.15, 0.2) is 0 Å².